The van der Waals surface area contributed by atoms with Crippen LogP contribution in [0.25, 0.3) is 10.9 Å². The summed E-state index contributed by atoms with van der Waals surface area (Å²) in [6, 6.07) is 15.1. The molecule has 5 heterocycles. The van der Waals surface area contributed by atoms with E-state index in [0.717, 1.165) is 80.7 Å². The monoisotopic (exact) mass is 582 g/mol. The average Bonchev–Trinajstić information content (AvgIpc) is 3.00. The van der Waals surface area contributed by atoms with Gasteiger partial charge in [0.25, 0.3) is 0 Å². The molecule has 0 radical (unpaired) electrons. The van der Waals surface area contributed by atoms with Gasteiger partial charge in [0, 0.05) is 74.6 Å². The first-order chi connectivity index (χ1) is 20.7. The summed E-state index contributed by atoms with van der Waals surface area (Å²) < 4.78 is 12.0. The Morgan fingerprint density at radius 2 is 1.81 bits per heavy atom. The van der Waals surface area contributed by atoms with Crippen molar-refractivity contribution in [2.24, 2.45) is 5.92 Å². The van der Waals surface area contributed by atoms with Crippen LogP contribution in [0.1, 0.15) is 58.9 Å². The van der Waals surface area contributed by atoms with Gasteiger partial charge >= 0.3 is 5.97 Å². The van der Waals surface area contributed by atoms with Crippen molar-refractivity contribution >= 4 is 28.2 Å². The summed E-state index contributed by atoms with van der Waals surface area (Å²) in [5.41, 5.74) is 3.14. The second-order valence-corrected chi connectivity index (χ2v) is 13.2. The Kier molecular flexibility index (Phi) is 8.15. The van der Waals surface area contributed by atoms with E-state index in [-0.39, 0.29) is 18.0 Å². The number of anilines is 2. The number of nitrogens with zero attached hydrogens (tertiary/aromatic N) is 6. The first-order valence-corrected chi connectivity index (χ1v) is 15.6. The predicted molar refractivity (Wildman–Crippen MR) is 167 cm³/mol. The Labute approximate surface area is 254 Å². The minimum atomic E-state index is -0.448. The molecular weight excluding hydrogens is 540 g/mol. The van der Waals surface area contributed by atoms with Crippen molar-refractivity contribution in [3.63, 3.8) is 0 Å². The van der Waals surface area contributed by atoms with E-state index in [1.54, 1.807) is 6.20 Å². The maximum atomic E-state index is 12.5. The normalized spacial score (nSPS) is 23.5. The van der Waals surface area contributed by atoms with Gasteiger partial charge in [-0.2, -0.15) is 5.26 Å². The number of rotatable bonds is 5. The lowest BCUT2D eigenvalue weighted by Crippen LogP contribution is -2.61. The van der Waals surface area contributed by atoms with Gasteiger partial charge in [-0.1, -0.05) is 0 Å². The SMILES string of the molecule is C[C@@H]1CN(c2ccc(C#N)c3ncccc23)C[C@@H]2C[C@@H](Oc3ccc(N4CCC(C(=O)OC(C)(C)C)CC4)cn3)CCN21. The fourth-order valence-electron chi connectivity index (χ4n) is 6.93. The van der Waals surface area contributed by atoms with E-state index in [1.165, 1.54) is 0 Å². The molecular formula is C34H42N6O3. The molecule has 0 spiro atoms. The van der Waals surface area contributed by atoms with Gasteiger partial charge in [0.15, 0.2) is 0 Å². The molecule has 3 aromatic rings. The van der Waals surface area contributed by atoms with Gasteiger partial charge in [-0.15, -0.1) is 0 Å². The molecule has 0 bridgehead atoms. The lowest BCUT2D eigenvalue weighted by atomic mass is 9.93. The van der Waals surface area contributed by atoms with Gasteiger partial charge in [0.1, 0.15) is 17.8 Å². The van der Waals surface area contributed by atoms with Gasteiger partial charge in [0.05, 0.1) is 28.9 Å². The van der Waals surface area contributed by atoms with E-state index < -0.39 is 5.60 Å². The zero-order valence-electron chi connectivity index (χ0n) is 25.7. The van der Waals surface area contributed by atoms with Crippen LogP contribution in [0.5, 0.6) is 5.88 Å². The maximum Gasteiger partial charge on any atom is 0.309 e. The van der Waals surface area contributed by atoms with Crippen molar-refractivity contribution in [2.45, 2.75) is 77.2 Å². The average molecular weight is 583 g/mol. The summed E-state index contributed by atoms with van der Waals surface area (Å²) in [5.74, 6) is 0.538. The first kappa shape index (κ1) is 29.2. The molecule has 3 fully saturated rings. The number of benzene rings is 1. The molecule has 0 saturated carbocycles. The molecule has 0 unspecified atom stereocenters. The quantitative estimate of drug-likeness (QED) is 0.377. The number of fused-ring (bicyclic) bond motifs is 2. The molecule has 2 aromatic heterocycles. The number of hydrogen-bond acceptors (Lipinski definition) is 9. The molecule has 9 heteroatoms. The van der Waals surface area contributed by atoms with Crippen LogP contribution < -0.4 is 14.5 Å². The lowest BCUT2D eigenvalue weighted by molar-refractivity contribution is -0.160. The molecule has 43 heavy (non-hydrogen) atoms. The smallest absolute Gasteiger partial charge is 0.309 e. The number of aromatic nitrogens is 2. The minimum absolute atomic E-state index is 0.0392. The van der Waals surface area contributed by atoms with E-state index in [0.29, 0.717) is 23.5 Å². The number of piperidine rings is 2. The third kappa shape index (κ3) is 6.40. The number of esters is 1. The van der Waals surface area contributed by atoms with E-state index >= 15 is 0 Å². The van der Waals surface area contributed by atoms with Crippen LogP contribution in [0.4, 0.5) is 11.4 Å². The largest absolute Gasteiger partial charge is 0.474 e. The zero-order chi connectivity index (χ0) is 30.1. The lowest BCUT2D eigenvalue weighted by Gasteiger charge is -2.50. The van der Waals surface area contributed by atoms with Crippen LogP contribution in [-0.4, -0.2) is 77.3 Å². The highest BCUT2D eigenvalue weighted by Crippen LogP contribution is 2.34. The summed E-state index contributed by atoms with van der Waals surface area (Å²) in [6.45, 7) is 12.5. The summed E-state index contributed by atoms with van der Waals surface area (Å²) >= 11 is 0. The molecule has 3 aliphatic heterocycles. The number of hydrogen-bond donors (Lipinski definition) is 0. The Bertz CT molecular complexity index is 1490. The van der Waals surface area contributed by atoms with Crippen LogP contribution in [0, 0.1) is 17.2 Å². The van der Waals surface area contributed by atoms with Crippen LogP contribution in [0.2, 0.25) is 0 Å². The third-order valence-corrected chi connectivity index (χ3v) is 9.01. The van der Waals surface area contributed by atoms with Crippen molar-refractivity contribution in [2.75, 3.05) is 42.5 Å². The Hall–Kier alpha value is -3.90. The highest BCUT2D eigenvalue weighted by molar-refractivity contribution is 5.95. The maximum absolute atomic E-state index is 12.5. The molecule has 9 nitrogen and oxygen atoms in total. The minimum Gasteiger partial charge on any atom is -0.474 e. The number of piperazine rings is 1. The Morgan fingerprint density at radius 1 is 1.00 bits per heavy atom. The van der Waals surface area contributed by atoms with E-state index in [4.69, 9.17) is 9.47 Å². The topological polar surface area (TPSA) is 94.8 Å². The summed E-state index contributed by atoms with van der Waals surface area (Å²) in [7, 11) is 0. The number of nitriles is 1. The zero-order valence-corrected chi connectivity index (χ0v) is 25.7. The third-order valence-electron chi connectivity index (χ3n) is 9.01. The summed E-state index contributed by atoms with van der Waals surface area (Å²) in [5, 5.41) is 10.6. The number of ether oxygens (including phenoxy) is 2. The fraction of sp³-hybridized carbons (Fsp3) is 0.529. The fourth-order valence-corrected chi connectivity index (χ4v) is 6.93. The van der Waals surface area contributed by atoms with Gasteiger partial charge in [-0.05, 0) is 77.3 Å². The van der Waals surface area contributed by atoms with Gasteiger partial charge < -0.3 is 19.3 Å². The molecule has 3 atom stereocenters. The van der Waals surface area contributed by atoms with Crippen molar-refractivity contribution in [3.05, 3.63) is 54.4 Å². The second kappa shape index (κ2) is 12.0. The molecule has 1 aromatic carbocycles. The molecule has 0 N–H and O–H groups in total. The highest BCUT2D eigenvalue weighted by Gasteiger charge is 2.38. The summed E-state index contributed by atoms with van der Waals surface area (Å²) in [4.78, 5) is 29.0. The van der Waals surface area contributed by atoms with Crippen molar-refractivity contribution < 1.29 is 14.3 Å². The number of carbonyl (C=O) groups is 1. The molecule has 0 amide bonds. The molecule has 6 rings (SSSR count). The standard InChI is InChI=1S/C34H42N6O3/c1-23-21-39(30-9-7-25(19-35)32-29(30)6-5-14-36-32)22-27-18-28(13-17-40(23)27)42-31-10-8-26(20-37-31)38-15-11-24(12-16-38)33(41)43-34(2,3)4/h5-10,14,20,23-24,27-28H,11-13,15-18,21-22H2,1-4H3/t23-,27+,28+/m1/s1. The van der Waals surface area contributed by atoms with Crippen LogP contribution in [-0.2, 0) is 9.53 Å². The first-order valence-electron chi connectivity index (χ1n) is 15.6. The van der Waals surface area contributed by atoms with E-state index in [1.807, 2.05) is 45.2 Å². The molecule has 3 aliphatic rings. The van der Waals surface area contributed by atoms with Gasteiger partial charge in [0.2, 0.25) is 5.88 Å². The predicted octanol–water partition coefficient (Wildman–Crippen LogP) is 5.18. The number of pyridine rings is 2. The Morgan fingerprint density at radius 3 is 2.53 bits per heavy atom. The highest BCUT2D eigenvalue weighted by atomic mass is 16.6. The Balaban J connectivity index is 1.06. The van der Waals surface area contributed by atoms with Crippen molar-refractivity contribution in [1.29, 1.82) is 5.26 Å². The molecule has 0 aliphatic carbocycles. The van der Waals surface area contributed by atoms with Crippen molar-refractivity contribution in [3.8, 4) is 11.9 Å². The molecule has 3 saturated heterocycles. The number of carbonyl (C=O) groups excluding carboxylic acids is 1. The van der Waals surface area contributed by atoms with Crippen LogP contribution in [0.3, 0.4) is 0 Å². The van der Waals surface area contributed by atoms with Crippen LogP contribution >= 0.6 is 0 Å². The van der Waals surface area contributed by atoms with Gasteiger partial charge in [-0.3, -0.25) is 14.7 Å². The van der Waals surface area contributed by atoms with Gasteiger partial charge in [-0.25, -0.2) is 4.98 Å². The van der Waals surface area contributed by atoms with E-state index in [2.05, 4.69) is 55.9 Å². The second-order valence-electron chi connectivity index (χ2n) is 13.2. The van der Waals surface area contributed by atoms with Crippen molar-refractivity contribution in [1.82, 2.24) is 14.9 Å². The van der Waals surface area contributed by atoms with E-state index in [9.17, 15) is 10.1 Å². The summed E-state index contributed by atoms with van der Waals surface area (Å²) in [6.07, 6.45) is 7.25. The molecule has 226 valence electrons. The van der Waals surface area contributed by atoms with Crippen LogP contribution in [0.15, 0.2) is 48.8 Å².